The number of likely N-dealkylation sites (N-methyl/N-ethyl adjacent to an activating group) is 1. The van der Waals surface area contributed by atoms with Crippen molar-refractivity contribution in [2.45, 2.75) is 23.7 Å². The molecule has 0 saturated heterocycles. The minimum atomic E-state index is -0.704. The van der Waals surface area contributed by atoms with Crippen LogP contribution in [0.4, 0.5) is 0 Å². The first-order valence-electron chi connectivity index (χ1n) is 4.39. The van der Waals surface area contributed by atoms with Crippen LogP contribution in [-0.4, -0.2) is 34.4 Å². The highest BCUT2D eigenvalue weighted by atomic mass is 32.2. The minimum Gasteiger partial charge on any atom is -0.368 e. The number of hydrogen-bond acceptors (Lipinski definition) is 6. The van der Waals surface area contributed by atoms with Crippen molar-refractivity contribution in [2.24, 2.45) is 5.73 Å². The fraction of sp³-hybridized carbons (Fsp3) is 0.625. The quantitative estimate of drug-likeness (QED) is 0.735. The van der Waals surface area contributed by atoms with Crippen LogP contribution in [0.5, 0.6) is 0 Å². The molecule has 0 radical (unpaired) electrons. The zero-order chi connectivity index (χ0) is 11.5. The average molecular weight is 246 g/mol. The molecule has 5 nitrogen and oxygen atoms in total. The summed E-state index contributed by atoms with van der Waals surface area (Å²) in [6, 6.07) is 0. The molecular formula is C8H14N4OS2. The Morgan fingerprint density at radius 1 is 1.67 bits per heavy atom. The van der Waals surface area contributed by atoms with Crippen LogP contribution in [0.3, 0.4) is 0 Å². The lowest BCUT2D eigenvalue weighted by Crippen LogP contribution is -2.53. The van der Waals surface area contributed by atoms with E-state index in [1.807, 2.05) is 6.92 Å². The van der Waals surface area contributed by atoms with Crippen LogP contribution < -0.4 is 11.1 Å². The molecule has 1 heterocycles. The van der Waals surface area contributed by atoms with Gasteiger partial charge in [-0.3, -0.25) is 4.79 Å². The zero-order valence-corrected chi connectivity index (χ0v) is 10.5. The Bertz CT molecular complexity index is 354. The molecular weight excluding hydrogens is 232 g/mol. The second-order valence-corrected chi connectivity index (χ2v) is 5.73. The van der Waals surface area contributed by atoms with E-state index in [0.29, 0.717) is 5.75 Å². The highest BCUT2D eigenvalue weighted by Gasteiger charge is 2.29. The molecule has 0 spiro atoms. The molecule has 7 heteroatoms. The second kappa shape index (κ2) is 4.91. The molecule has 0 bridgehead atoms. The van der Waals surface area contributed by atoms with Gasteiger partial charge in [0.15, 0.2) is 4.34 Å². The number of nitrogens with one attached hydrogen (secondary N) is 1. The maximum Gasteiger partial charge on any atom is 0.238 e. The largest absolute Gasteiger partial charge is 0.368 e. The maximum atomic E-state index is 11.2. The predicted molar refractivity (Wildman–Crippen MR) is 62.0 cm³/mol. The summed E-state index contributed by atoms with van der Waals surface area (Å²) >= 11 is 2.99. The van der Waals surface area contributed by atoms with Gasteiger partial charge in [0.1, 0.15) is 10.5 Å². The molecule has 84 valence electrons. The molecule has 0 aliphatic rings. The van der Waals surface area contributed by atoms with Crippen molar-refractivity contribution < 1.29 is 4.79 Å². The van der Waals surface area contributed by atoms with Gasteiger partial charge in [0, 0.05) is 5.75 Å². The van der Waals surface area contributed by atoms with Gasteiger partial charge in [0.2, 0.25) is 5.91 Å². The summed E-state index contributed by atoms with van der Waals surface area (Å²) in [7, 11) is 1.72. The Morgan fingerprint density at radius 3 is 2.73 bits per heavy atom. The van der Waals surface area contributed by atoms with Crippen LogP contribution in [0, 0.1) is 6.92 Å². The molecule has 0 aliphatic heterocycles. The van der Waals surface area contributed by atoms with Gasteiger partial charge in [-0.1, -0.05) is 23.1 Å². The second-order valence-electron chi connectivity index (χ2n) is 3.32. The van der Waals surface area contributed by atoms with Gasteiger partial charge >= 0.3 is 0 Å². The average Bonchev–Trinajstić information content (AvgIpc) is 2.60. The van der Waals surface area contributed by atoms with E-state index in [9.17, 15) is 4.79 Å². The van der Waals surface area contributed by atoms with Crippen molar-refractivity contribution in [3.05, 3.63) is 5.01 Å². The Balaban J connectivity index is 2.59. The molecule has 1 rings (SSSR count). The topological polar surface area (TPSA) is 80.9 Å². The van der Waals surface area contributed by atoms with Gasteiger partial charge in [-0.2, -0.15) is 0 Å². The van der Waals surface area contributed by atoms with Crippen LogP contribution in [0.15, 0.2) is 4.34 Å². The van der Waals surface area contributed by atoms with Crippen molar-refractivity contribution in [1.29, 1.82) is 0 Å². The summed E-state index contributed by atoms with van der Waals surface area (Å²) in [4.78, 5) is 11.2. The van der Waals surface area contributed by atoms with E-state index >= 15 is 0 Å². The maximum absolute atomic E-state index is 11.2. The van der Waals surface area contributed by atoms with E-state index in [1.165, 1.54) is 23.1 Å². The third-order valence-electron chi connectivity index (χ3n) is 2.09. The van der Waals surface area contributed by atoms with E-state index in [1.54, 1.807) is 14.0 Å². The van der Waals surface area contributed by atoms with Crippen LogP contribution in [0.1, 0.15) is 11.9 Å². The number of aromatic nitrogens is 2. The number of carbonyl (C=O) groups excluding carboxylic acids is 1. The van der Waals surface area contributed by atoms with E-state index in [4.69, 9.17) is 5.73 Å². The Morgan fingerprint density at radius 2 is 2.33 bits per heavy atom. The number of aryl methyl sites for hydroxylation is 1. The molecule has 0 aromatic carbocycles. The van der Waals surface area contributed by atoms with Gasteiger partial charge in [0.25, 0.3) is 0 Å². The van der Waals surface area contributed by atoms with E-state index in [2.05, 4.69) is 15.5 Å². The molecule has 1 aromatic heterocycles. The normalized spacial score (nSPS) is 14.9. The smallest absolute Gasteiger partial charge is 0.238 e. The first-order valence-corrected chi connectivity index (χ1v) is 6.20. The number of nitrogens with two attached hydrogens (primary N) is 1. The summed E-state index contributed by atoms with van der Waals surface area (Å²) in [6.45, 7) is 3.67. The SMILES string of the molecule is CNC(C)(CSc1nnc(C)s1)C(N)=O. The van der Waals surface area contributed by atoms with Gasteiger partial charge in [0.05, 0.1) is 0 Å². The summed E-state index contributed by atoms with van der Waals surface area (Å²) < 4.78 is 0.857. The van der Waals surface area contributed by atoms with E-state index in [0.717, 1.165) is 9.35 Å². The molecule has 1 atom stereocenters. The molecule has 15 heavy (non-hydrogen) atoms. The summed E-state index contributed by atoms with van der Waals surface area (Å²) in [5.74, 6) is 0.187. The lowest BCUT2D eigenvalue weighted by atomic mass is 10.1. The third-order valence-corrected chi connectivity index (χ3v) is 4.37. The molecule has 1 amide bonds. The molecule has 3 N–H and O–H groups in total. The number of rotatable bonds is 5. The number of nitrogens with zero attached hydrogens (tertiary/aromatic N) is 2. The number of thioether (sulfide) groups is 1. The van der Waals surface area contributed by atoms with Gasteiger partial charge in [-0.05, 0) is 20.9 Å². The number of amides is 1. The van der Waals surface area contributed by atoms with Crippen molar-refractivity contribution >= 4 is 29.0 Å². The molecule has 0 saturated carbocycles. The Labute approximate surface area is 96.8 Å². The highest BCUT2D eigenvalue weighted by Crippen LogP contribution is 2.25. The van der Waals surface area contributed by atoms with Crippen molar-refractivity contribution in [1.82, 2.24) is 15.5 Å². The fourth-order valence-electron chi connectivity index (χ4n) is 0.809. The van der Waals surface area contributed by atoms with Crippen LogP contribution in [0.25, 0.3) is 0 Å². The summed E-state index contributed by atoms with van der Waals surface area (Å²) in [5.41, 5.74) is 4.60. The third kappa shape index (κ3) is 3.15. The monoisotopic (exact) mass is 246 g/mol. The zero-order valence-electron chi connectivity index (χ0n) is 8.90. The fourth-order valence-corrected chi connectivity index (χ4v) is 2.80. The minimum absolute atomic E-state index is 0.362. The summed E-state index contributed by atoms with van der Waals surface area (Å²) in [6.07, 6.45) is 0. The Hall–Kier alpha value is -0.660. The molecule has 1 aromatic rings. The van der Waals surface area contributed by atoms with Gasteiger partial charge < -0.3 is 11.1 Å². The van der Waals surface area contributed by atoms with Crippen LogP contribution in [-0.2, 0) is 4.79 Å². The number of hydrogen-bond donors (Lipinski definition) is 2. The van der Waals surface area contributed by atoms with Gasteiger partial charge in [-0.15, -0.1) is 10.2 Å². The van der Waals surface area contributed by atoms with Gasteiger partial charge in [-0.25, -0.2) is 0 Å². The molecule has 0 aliphatic carbocycles. The lowest BCUT2D eigenvalue weighted by molar-refractivity contribution is -0.122. The van der Waals surface area contributed by atoms with E-state index in [-0.39, 0.29) is 5.91 Å². The van der Waals surface area contributed by atoms with Crippen LogP contribution in [0.2, 0.25) is 0 Å². The van der Waals surface area contributed by atoms with Crippen molar-refractivity contribution in [2.75, 3.05) is 12.8 Å². The first-order chi connectivity index (χ1) is 6.98. The van der Waals surface area contributed by atoms with E-state index < -0.39 is 5.54 Å². The Kier molecular flexibility index (Phi) is 4.06. The van der Waals surface area contributed by atoms with Crippen LogP contribution >= 0.6 is 23.1 Å². The molecule has 1 unspecified atom stereocenters. The van der Waals surface area contributed by atoms with Crippen molar-refractivity contribution in [3.8, 4) is 0 Å². The predicted octanol–water partition coefficient (Wildman–Crippen LogP) is 0.402. The molecule has 0 fully saturated rings. The summed E-state index contributed by atoms with van der Waals surface area (Å²) in [5, 5.41) is 11.7. The lowest BCUT2D eigenvalue weighted by Gasteiger charge is -2.24. The number of primary amides is 1. The standard InChI is InChI=1S/C8H14N4OS2/c1-5-11-12-7(15-5)14-4-8(2,10-3)6(9)13/h10H,4H2,1-3H3,(H2,9,13). The number of carbonyl (C=O) groups is 1. The highest BCUT2D eigenvalue weighted by molar-refractivity contribution is 8.01. The van der Waals surface area contributed by atoms with Crippen molar-refractivity contribution in [3.63, 3.8) is 0 Å². The first kappa shape index (κ1) is 12.4.